The van der Waals surface area contributed by atoms with E-state index < -0.39 is 0 Å². The van der Waals surface area contributed by atoms with Gasteiger partial charge in [0.05, 0.1) is 0 Å². The van der Waals surface area contributed by atoms with Gasteiger partial charge in [-0.15, -0.1) is 0 Å². The third-order valence-corrected chi connectivity index (χ3v) is 6.50. The van der Waals surface area contributed by atoms with Crippen LogP contribution in [0.25, 0.3) is 0 Å². The Bertz CT molecular complexity index is 595. The van der Waals surface area contributed by atoms with Crippen LogP contribution in [0.3, 0.4) is 0 Å². The Hall–Kier alpha value is -1.10. The second-order valence-corrected chi connectivity index (χ2v) is 8.34. The van der Waals surface area contributed by atoms with E-state index in [1.807, 2.05) is 18.2 Å². The normalized spacial score (nSPS) is 24.0. The van der Waals surface area contributed by atoms with Gasteiger partial charge in [-0.1, -0.05) is 36.7 Å². The zero-order valence-electron chi connectivity index (χ0n) is 15.7. The fourth-order valence-corrected chi connectivity index (χ4v) is 4.69. The van der Waals surface area contributed by atoms with Gasteiger partial charge in [-0.25, -0.2) is 0 Å². The molecule has 4 nitrogen and oxygen atoms in total. The van der Waals surface area contributed by atoms with Gasteiger partial charge in [0.15, 0.2) is 0 Å². The minimum absolute atomic E-state index is 0.123. The predicted molar refractivity (Wildman–Crippen MR) is 106 cm³/mol. The summed E-state index contributed by atoms with van der Waals surface area (Å²) in [6, 6.07) is 8.01. The van der Waals surface area contributed by atoms with E-state index in [1.165, 1.54) is 12.8 Å². The summed E-state index contributed by atoms with van der Waals surface area (Å²) >= 11 is 6.49. The van der Waals surface area contributed by atoms with Gasteiger partial charge in [-0.3, -0.25) is 4.79 Å². The summed E-state index contributed by atoms with van der Waals surface area (Å²) < 4.78 is 5.57. The van der Waals surface area contributed by atoms with Gasteiger partial charge in [-0.05, 0) is 62.2 Å². The van der Waals surface area contributed by atoms with Crippen LogP contribution in [0.5, 0.6) is 0 Å². The van der Waals surface area contributed by atoms with Crippen LogP contribution in [-0.4, -0.2) is 38.8 Å². The lowest BCUT2D eigenvalue weighted by atomic mass is 9.74. The first kappa shape index (κ1) is 19.7. The number of hydrogen-bond donors (Lipinski definition) is 2. The van der Waals surface area contributed by atoms with Crippen LogP contribution in [0.2, 0.25) is 5.02 Å². The van der Waals surface area contributed by atoms with Crippen molar-refractivity contribution in [1.29, 1.82) is 0 Å². The second kappa shape index (κ2) is 9.20. The van der Waals surface area contributed by atoms with Gasteiger partial charge in [0, 0.05) is 36.6 Å². The summed E-state index contributed by atoms with van der Waals surface area (Å²) in [5.41, 5.74) is 1.01. The average molecular weight is 379 g/mol. The zero-order valence-corrected chi connectivity index (χ0v) is 16.5. The van der Waals surface area contributed by atoms with Gasteiger partial charge in [-0.2, -0.15) is 0 Å². The lowest BCUT2D eigenvalue weighted by Gasteiger charge is -2.38. The number of rotatable bonds is 6. The minimum Gasteiger partial charge on any atom is -0.381 e. The summed E-state index contributed by atoms with van der Waals surface area (Å²) in [5, 5.41) is 7.44. The van der Waals surface area contributed by atoms with Crippen molar-refractivity contribution in [2.75, 3.05) is 32.8 Å². The van der Waals surface area contributed by atoms with Crippen LogP contribution >= 0.6 is 11.6 Å². The summed E-state index contributed by atoms with van der Waals surface area (Å²) in [4.78, 5) is 12.6. The number of halogens is 1. The maximum Gasteiger partial charge on any atom is 0.220 e. The third kappa shape index (κ3) is 4.79. The maximum atomic E-state index is 12.6. The molecule has 2 N–H and O–H groups in total. The number of piperidine rings is 1. The van der Waals surface area contributed by atoms with Crippen molar-refractivity contribution in [3.05, 3.63) is 34.9 Å². The standard InChI is InChI=1S/C21H31ClN2O2/c1-16(17-5-4-10-23-14-17)13-20(25)24-15-21(8-11-26-12-9-21)18-6-2-3-7-19(18)22/h2-3,6-7,16-17,23H,4-5,8-15H2,1H3,(H,24,25). The number of amides is 1. The highest BCUT2D eigenvalue weighted by Crippen LogP contribution is 2.38. The summed E-state index contributed by atoms with van der Waals surface area (Å²) in [6.45, 7) is 6.41. The Labute approximate surface area is 162 Å². The smallest absolute Gasteiger partial charge is 0.220 e. The number of benzene rings is 1. The number of carbonyl (C=O) groups is 1. The molecular formula is C21H31ClN2O2. The van der Waals surface area contributed by atoms with Gasteiger partial charge >= 0.3 is 0 Å². The average Bonchev–Trinajstić information content (AvgIpc) is 2.68. The lowest BCUT2D eigenvalue weighted by Crippen LogP contribution is -2.45. The zero-order chi connectivity index (χ0) is 18.4. The molecule has 0 aromatic heterocycles. The predicted octanol–water partition coefficient (Wildman–Crippen LogP) is 3.53. The van der Waals surface area contributed by atoms with Gasteiger partial charge in [0.1, 0.15) is 0 Å². The van der Waals surface area contributed by atoms with Gasteiger partial charge < -0.3 is 15.4 Å². The van der Waals surface area contributed by atoms with Crippen LogP contribution in [0.1, 0.15) is 44.6 Å². The van der Waals surface area contributed by atoms with E-state index in [0.717, 1.165) is 36.5 Å². The van der Waals surface area contributed by atoms with E-state index >= 15 is 0 Å². The van der Waals surface area contributed by atoms with Crippen LogP contribution in [0.4, 0.5) is 0 Å². The first-order valence-corrected chi connectivity index (χ1v) is 10.3. The Kier molecular flexibility index (Phi) is 6.96. The molecule has 0 aliphatic carbocycles. The molecule has 1 aromatic rings. The SMILES string of the molecule is CC(CC(=O)NCC1(c2ccccc2Cl)CCOCC1)C1CCCNC1. The van der Waals surface area contributed by atoms with E-state index in [-0.39, 0.29) is 11.3 Å². The van der Waals surface area contributed by atoms with Crippen molar-refractivity contribution in [2.24, 2.45) is 11.8 Å². The highest BCUT2D eigenvalue weighted by molar-refractivity contribution is 6.31. The third-order valence-electron chi connectivity index (χ3n) is 6.17. The Morgan fingerprint density at radius 2 is 2.15 bits per heavy atom. The molecule has 26 heavy (non-hydrogen) atoms. The van der Waals surface area contributed by atoms with Crippen molar-refractivity contribution in [2.45, 2.75) is 44.4 Å². The van der Waals surface area contributed by atoms with E-state index in [4.69, 9.17) is 16.3 Å². The monoisotopic (exact) mass is 378 g/mol. The molecule has 2 saturated heterocycles. The van der Waals surface area contributed by atoms with Gasteiger partial charge in [0.25, 0.3) is 0 Å². The molecule has 2 aliphatic rings. The highest BCUT2D eigenvalue weighted by Gasteiger charge is 2.36. The van der Waals surface area contributed by atoms with E-state index in [0.29, 0.717) is 38.0 Å². The molecule has 0 saturated carbocycles. The topological polar surface area (TPSA) is 50.4 Å². The van der Waals surface area contributed by atoms with Gasteiger partial charge in [0.2, 0.25) is 5.91 Å². The van der Waals surface area contributed by atoms with E-state index in [1.54, 1.807) is 0 Å². The molecule has 5 heteroatoms. The fourth-order valence-electron chi connectivity index (χ4n) is 4.36. The number of ether oxygens (including phenoxy) is 1. The Morgan fingerprint density at radius 1 is 1.38 bits per heavy atom. The van der Waals surface area contributed by atoms with Crippen LogP contribution in [-0.2, 0) is 14.9 Å². The van der Waals surface area contributed by atoms with Crippen molar-refractivity contribution in [1.82, 2.24) is 10.6 Å². The van der Waals surface area contributed by atoms with Crippen LogP contribution in [0.15, 0.2) is 24.3 Å². The second-order valence-electron chi connectivity index (χ2n) is 7.94. The van der Waals surface area contributed by atoms with E-state index in [2.05, 4.69) is 23.6 Å². The summed E-state index contributed by atoms with van der Waals surface area (Å²) in [7, 11) is 0. The van der Waals surface area contributed by atoms with Crippen molar-refractivity contribution < 1.29 is 9.53 Å². The molecule has 0 bridgehead atoms. The molecular weight excluding hydrogens is 348 g/mol. The molecule has 2 atom stereocenters. The largest absolute Gasteiger partial charge is 0.381 e. The number of hydrogen-bond acceptors (Lipinski definition) is 3. The number of nitrogens with one attached hydrogen (secondary N) is 2. The molecule has 2 heterocycles. The van der Waals surface area contributed by atoms with Crippen molar-refractivity contribution in [3.8, 4) is 0 Å². The van der Waals surface area contributed by atoms with Crippen LogP contribution < -0.4 is 10.6 Å². The quantitative estimate of drug-likeness (QED) is 0.796. The fraction of sp³-hybridized carbons (Fsp3) is 0.667. The first-order chi connectivity index (χ1) is 12.6. The first-order valence-electron chi connectivity index (χ1n) is 9.91. The molecule has 2 fully saturated rings. The highest BCUT2D eigenvalue weighted by atomic mass is 35.5. The molecule has 0 radical (unpaired) electrons. The summed E-state index contributed by atoms with van der Waals surface area (Å²) in [5.74, 6) is 1.17. The molecule has 3 rings (SSSR count). The lowest BCUT2D eigenvalue weighted by molar-refractivity contribution is -0.122. The number of carbonyl (C=O) groups excluding carboxylic acids is 1. The maximum absolute atomic E-state index is 12.6. The molecule has 1 aromatic carbocycles. The Balaban J connectivity index is 1.61. The Morgan fingerprint density at radius 3 is 2.85 bits per heavy atom. The minimum atomic E-state index is -0.123. The molecule has 1 amide bonds. The van der Waals surface area contributed by atoms with Crippen molar-refractivity contribution in [3.63, 3.8) is 0 Å². The molecule has 0 spiro atoms. The van der Waals surface area contributed by atoms with E-state index in [9.17, 15) is 4.79 Å². The van der Waals surface area contributed by atoms with Crippen LogP contribution in [0, 0.1) is 11.8 Å². The summed E-state index contributed by atoms with van der Waals surface area (Å²) in [6.07, 6.45) is 4.81. The molecule has 2 aliphatic heterocycles. The van der Waals surface area contributed by atoms with Crippen molar-refractivity contribution >= 4 is 17.5 Å². The molecule has 144 valence electrons. The molecule has 2 unspecified atom stereocenters.